The van der Waals surface area contributed by atoms with Crippen molar-refractivity contribution in [1.29, 1.82) is 0 Å². The zero-order valence-electron chi connectivity index (χ0n) is 5.98. The third-order valence-electron chi connectivity index (χ3n) is 1.10. The van der Waals surface area contributed by atoms with Gasteiger partial charge in [0, 0.05) is 20.0 Å². The van der Waals surface area contributed by atoms with Crippen LogP contribution in [0.15, 0.2) is 0 Å². The Hall–Kier alpha value is -0.570. The zero-order valence-corrected chi connectivity index (χ0v) is 5.98. The topological polar surface area (TPSA) is 32.3 Å². The van der Waals surface area contributed by atoms with Crippen LogP contribution in [0, 0.1) is 6.92 Å². The summed E-state index contributed by atoms with van der Waals surface area (Å²) in [6.07, 6.45) is 0.314. The number of nitrogens with one attached hydrogen (secondary N) is 1. The number of carbonyl (C=O) groups excluding carboxylic acids is 1. The molecule has 0 aromatic heterocycles. The Morgan fingerprint density at radius 3 is 2.44 bits per heavy atom. The summed E-state index contributed by atoms with van der Waals surface area (Å²) in [5.74, 6) is 0.0278. The molecule has 3 nitrogen and oxygen atoms in total. The van der Waals surface area contributed by atoms with Gasteiger partial charge in [-0.15, -0.1) is 0 Å². The Balaban J connectivity index is 3.64. The minimum atomic E-state index is 0.0278. The van der Waals surface area contributed by atoms with Crippen LogP contribution in [0.2, 0.25) is 0 Å². The number of hydrazine groups is 1. The van der Waals surface area contributed by atoms with Crippen LogP contribution in [-0.2, 0) is 4.79 Å². The first-order chi connectivity index (χ1) is 4.26. The Morgan fingerprint density at radius 1 is 1.78 bits per heavy atom. The molecule has 0 aliphatic heterocycles. The van der Waals surface area contributed by atoms with Gasteiger partial charge in [0.2, 0.25) is 5.91 Å². The molecule has 0 saturated heterocycles. The van der Waals surface area contributed by atoms with E-state index in [4.69, 9.17) is 0 Å². The van der Waals surface area contributed by atoms with Gasteiger partial charge in [-0.05, 0) is 13.8 Å². The minimum Gasteiger partial charge on any atom is -0.279 e. The molecule has 53 valence electrons. The summed E-state index contributed by atoms with van der Waals surface area (Å²) in [6, 6.07) is 0. The second kappa shape index (κ2) is 4.32. The van der Waals surface area contributed by atoms with Crippen molar-refractivity contribution in [1.82, 2.24) is 10.4 Å². The van der Waals surface area contributed by atoms with Crippen molar-refractivity contribution in [3.63, 3.8) is 0 Å². The Bertz CT molecular complexity index is 89.1. The summed E-state index contributed by atoms with van der Waals surface area (Å²) < 4.78 is 0. The van der Waals surface area contributed by atoms with Crippen molar-refractivity contribution in [2.75, 3.05) is 13.6 Å². The number of carbonyl (C=O) groups is 1. The normalized spacial score (nSPS) is 9.22. The summed E-state index contributed by atoms with van der Waals surface area (Å²) in [7, 11) is 1.72. The largest absolute Gasteiger partial charge is 0.279 e. The van der Waals surface area contributed by atoms with E-state index >= 15 is 0 Å². The van der Waals surface area contributed by atoms with Gasteiger partial charge in [-0.3, -0.25) is 9.80 Å². The predicted octanol–water partition coefficient (Wildman–Crippen LogP) is 0.193. The van der Waals surface area contributed by atoms with Crippen LogP contribution in [0.25, 0.3) is 0 Å². The lowest BCUT2D eigenvalue weighted by Gasteiger charge is -2.17. The van der Waals surface area contributed by atoms with Crippen LogP contribution < -0.4 is 5.43 Å². The summed E-state index contributed by atoms with van der Waals surface area (Å²) >= 11 is 0. The summed E-state index contributed by atoms with van der Waals surface area (Å²) in [6.45, 7) is 6.06. The molecule has 0 fully saturated rings. The van der Waals surface area contributed by atoms with Gasteiger partial charge in [0.05, 0.1) is 0 Å². The number of rotatable bonds is 3. The molecule has 1 amide bonds. The maximum absolute atomic E-state index is 10.8. The molecule has 1 N–H and O–H groups in total. The van der Waals surface area contributed by atoms with Crippen molar-refractivity contribution in [3.8, 4) is 0 Å². The second-order valence-electron chi connectivity index (χ2n) is 1.61. The molecular weight excluding hydrogens is 116 g/mol. The molecule has 0 bridgehead atoms. The lowest BCUT2D eigenvalue weighted by Crippen LogP contribution is -2.39. The van der Waals surface area contributed by atoms with E-state index in [1.807, 2.05) is 6.92 Å². The highest BCUT2D eigenvalue weighted by atomic mass is 16.2. The van der Waals surface area contributed by atoms with Crippen molar-refractivity contribution < 1.29 is 4.79 Å². The number of hydrogen-bond donors (Lipinski definition) is 1. The Kier molecular flexibility index (Phi) is 4.05. The molecule has 0 saturated carbocycles. The van der Waals surface area contributed by atoms with Gasteiger partial charge in [-0.25, -0.2) is 5.43 Å². The molecule has 0 heterocycles. The summed E-state index contributed by atoms with van der Waals surface area (Å²) in [4.78, 5) is 10.8. The van der Waals surface area contributed by atoms with Crippen LogP contribution >= 0.6 is 0 Å². The number of hydrogen-bond acceptors (Lipinski definition) is 2. The maximum atomic E-state index is 10.8. The Morgan fingerprint density at radius 2 is 2.33 bits per heavy atom. The molecule has 0 aliphatic carbocycles. The molecule has 9 heavy (non-hydrogen) atoms. The van der Waals surface area contributed by atoms with Crippen molar-refractivity contribution in [3.05, 3.63) is 6.92 Å². The first-order valence-corrected chi connectivity index (χ1v) is 3.03. The molecule has 0 aliphatic rings. The third kappa shape index (κ3) is 2.46. The second-order valence-corrected chi connectivity index (χ2v) is 1.61. The summed E-state index contributed by atoms with van der Waals surface area (Å²) in [5, 5.41) is 1.52. The Labute approximate surface area is 56.0 Å². The molecule has 3 heteroatoms. The van der Waals surface area contributed by atoms with Crippen molar-refractivity contribution in [2.24, 2.45) is 0 Å². The average molecular weight is 129 g/mol. The predicted molar refractivity (Wildman–Crippen MR) is 36.4 cm³/mol. The molecular formula is C6H13N2O. The molecule has 1 radical (unpaired) electrons. The first-order valence-electron chi connectivity index (χ1n) is 3.03. The molecule has 0 rings (SSSR count). The first kappa shape index (κ1) is 8.43. The van der Waals surface area contributed by atoms with E-state index in [2.05, 4.69) is 12.3 Å². The van der Waals surface area contributed by atoms with Crippen LogP contribution in [-0.4, -0.2) is 24.5 Å². The van der Waals surface area contributed by atoms with E-state index in [-0.39, 0.29) is 5.91 Å². The van der Waals surface area contributed by atoms with E-state index in [1.165, 1.54) is 5.01 Å². The fraction of sp³-hybridized carbons (Fsp3) is 0.667. The van der Waals surface area contributed by atoms with E-state index in [1.54, 1.807) is 7.05 Å². The highest BCUT2D eigenvalue weighted by molar-refractivity contribution is 5.75. The van der Waals surface area contributed by atoms with E-state index in [0.29, 0.717) is 13.0 Å². The smallest absolute Gasteiger partial charge is 0.236 e. The van der Waals surface area contributed by atoms with Gasteiger partial charge in [-0.2, -0.15) is 0 Å². The monoisotopic (exact) mass is 129 g/mol. The number of amides is 1. The third-order valence-corrected chi connectivity index (χ3v) is 1.10. The highest BCUT2D eigenvalue weighted by Crippen LogP contribution is 1.85. The number of nitrogens with zero attached hydrogens (tertiary/aromatic N) is 1. The standard InChI is InChI=1S/C6H13N2O/c1-4-6(9)8(5-2)7-3/h7H,1,4-5H2,2-3H3. The van der Waals surface area contributed by atoms with E-state index < -0.39 is 0 Å². The molecule has 0 aromatic carbocycles. The lowest BCUT2D eigenvalue weighted by molar-refractivity contribution is -0.132. The average Bonchev–Trinajstić information content (AvgIpc) is 1.90. The maximum Gasteiger partial charge on any atom is 0.236 e. The van der Waals surface area contributed by atoms with E-state index in [9.17, 15) is 4.79 Å². The van der Waals surface area contributed by atoms with Crippen LogP contribution in [0.1, 0.15) is 13.3 Å². The molecule has 0 spiro atoms. The van der Waals surface area contributed by atoms with Crippen molar-refractivity contribution >= 4 is 5.91 Å². The van der Waals surface area contributed by atoms with Gasteiger partial charge in [0.15, 0.2) is 0 Å². The van der Waals surface area contributed by atoms with Gasteiger partial charge in [0.1, 0.15) is 0 Å². The zero-order chi connectivity index (χ0) is 7.28. The minimum absolute atomic E-state index is 0.0278. The van der Waals surface area contributed by atoms with Crippen LogP contribution in [0.4, 0.5) is 0 Å². The van der Waals surface area contributed by atoms with Crippen molar-refractivity contribution in [2.45, 2.75) is 13.3 Å². The quantitative estimate of drug-likeness (QED) is 0.552. The fourth-order valence-corrected chi connectivity index (χ4v) is 0.594. The fourth-order valence-electron chi connectivity index (χ4n) is 0.594. The van der Waals surface area contributed by atoms with Gasteiger partial charge < -0.3 is 0 Å². The van der Waals surface area contributed by atoms with E-state index in [0.717, 1.165) is 0 Å². The molecule has 0 atom stereocenters. The van der Waals surface area contributed by atoms with Crippen LogP contribution in [0.3, 0.4) is 0 Å². The van der Waals surface area contributed by atoms with Gasteiger partial charge >= 0.3 is 0 Å². The van der Waals surface area contributed by atoms with Crippen LogP contribution in [0.5, 0.6) is 0 Å². The molecule has 0 unspecified atom stereocenters. The highest BCUT2D eigenvalue weighted by Gasteiger charge is 2.04. The summed E-state index contributed by atoms with van der Waals surface area (Å²) in [5.41, 5.74) is 2.75. The SMILES string of the molecule is [CH2]CC(=O)N(CC)NC. The molecule has 0 aromatic rings. The van der Waals surface area contributed by atoms with Gasteiger partial charge in [0.25, 0.3) is 0 Å². The lowest BCUT2D eigenvalue weighted by atomic mass is 10.4. The van der Waals surface area contributed by atoms with Gasteiger partial charge in [-0.1, -0.05) is 0 Å².